The molecule has 2 N–H and O–H groups in total. The number of benzene rings is 1. The van der Waals surface area contributed by atoms with Crippen molar-refractivity contribution in [3.63, 3.8) is 0 Å². The topological polar surface area (TPSA) is 76.1 Å². The van der Waals surface area contributed by atoms with Crippen LogP contribution in [0, 0.1) is 4.77 Å². The zero-order valence-corrected chi connectivity index (χ0v) is 14.0. The molecule has 1 amide bonds. The Morgan fingerprint density at radius 3 is 2.96 bits per heavy atom. The van der Waals surface area contributed by atoms with Gasteiger partial charge in [0, 0.05) is 18.7 Å². The molecule has 0 saturated carbocycles. The van der Waals surface area contributed by atoms with Gasteiger partial charge in [0.15, 0.2) is 4.77 Å². The Balaban J connectivity index is 1.98. The molecule has 6 nitrogen and oxygen atoms in total. The third-order valence-electron chi connectivity index (χ3n) is 4.19. The summed E-state index contributed by atoms with van der Waals surface area (Å²) in [6, 6.07) is 4.99. The Morgan fingerprint density at radius 2 is 2.30 bits per heavy atom. The standard InChI is InChI=1S/C16H19N3O3S/c1-3-19-14(21)11-5-4-10(8-12(11)17-15(19)23)13(20)18-16(2)6-7-22-9-16/h4-5,8H,3,6-7,9H2,1-2H3,(H,17,23)(H,18,20)/t16-/m0/s1. The van der Waals surface area contributed by atoms with Crippen molar-refractivity contribution < 1.29 is 9.53 Å². The summed E-state index contributed by atoms with van der Waals surface area (Å²) >= 11 is 5.20. The van der Waals surface area contributed by atoms with Gasteiger partial charge in [-0.05, 0) is 50.7 Å². The Kier molecular flexibility index (Phi) is 4.08. The SMILES string of the molecule is CCn1c(=S)[nH]c2cc(C(=O)N[C@@]3(C)CCOC3)ccc2c1=O. The maximum Gasteiger partial charge on any atom is 0.262 e. The van der Waals surface area contributed by atoms with E-state index in [2.05, 4.69) is 10.3 Å². The summed E-state index contributed by atoms with van der Waals surface area (Å²) in [6.07, 6.45) is 0.788. The minimum atomic E-state index is -0.343. The number of H-pyrrole nitrogens is 1. The molecule has 7 heteroatoms. The van der Waals surface area contributed by atoms with Gasteiger partial charge in [0.2, 0.25) is 0 Å². The van der Waals surface area contributed by atoms with E-state index in [1.54, 1.807) is 18.2 Å². The van der Waals surface area contributed by atoms with Gasteiger partial charge in [-0.15, -0.1) is 0 Å². The highest BCUT2D eigenvalue weighted by molar-refractivity contribution is 7.71. The van der Waals surface area contributed by atoms with Crippen LogP contribution in [0.4, 0.5) is 0 Å². The lowest BCUT2D eigenvalue weighted by atomic mass is 10.0. The van der Waals surface area contributed by atoms with Gasteiger partial charge < -0.3 is 15.0 Å². The summed E-state index contributed by atoms with van der Waals surface area (Å²) in [6.45, 7) is 5.49. The lowest BCUT2D eigenvalue weighted by molar-refractivity contribution is 0.0890. The minimum absolute atomic E-state index is 0.144. The number of rotatable bonds is 3. The van der Waals surface area contributed by atoms with Crippen molar-refractivity contribution in [3.8, 4) is 0 Å². The van der Waals surface area contributed by atoms with E-state index in [-0.39, 0.29) is 17.0 Å². The highest BCUT2D eigenvalue weighted by Gasteiger charge is 2.31. The first kappa shape index (κ1) is 15.9. The van der Waals surface area contributed by atoms with Gasteiger partial charge in [0.1, 0.15) is 0 Å². The van der Waals surface area contributed by atoms with Crippen LogP contribution >= 0.6 is 12.2 Å². The molecule has 0 unspecified atom stereocenters. The van der Waals surface area contributed by atoms with Crippen molar-refractivity contribution in [2.24, 2.45) is 0 Å². The van der Waals surface area contributed by atoms with Crippen LogP contribution in [0.3, 0.4) is 0 Å². The molecular weight excluding hydrogens is 314 g/mol. The second kappa shape index (κ2) is 5.90. The molecule has 122 valence electrons. The number of carbonyl (C=O) groups excluding carboxylic acids is 1. The summed E-state index contributed by atoms with van der Waals surface area (Å²) in [5.41, 5.74) is 0.578. The zero-order valence-electron chi connectivity index (χ0n) is 13.1. The summed E-state index contributed by atoms with van der Waals surface area (Å²) in [5, 5.41) is 3.52. The number of nitrogens with zero attached hydrogens (tertiary/aromatic N) is 1. The molecule has 1 atom stereocenters. The van der Waals surface area contributed by atoms with E-state index in [0.717, 1.165) is 6.42 Å². The fraction of sp³-hybridized carbons (Fsp3) is 0.438. The number of aromatic amines is 1. The number of amides is 1. The highest BCUT2D eigenvalue weighted by atomic mass is 32.1. The molecule has 2 aromatic rings. The molecule has 3 rings (SSSR count). The van der Waals surface area contributed by atoms with Crippen molar-refractivity contribution in [1.29, 1.82) is 0 Å². The number of carbonyl (C=O) groups is 1. The molecule has 1 aromatic heterocycles. The summed E-state index contributed by atoms with van der Waals surface area (Å²) < 4.78 is 7.20. The average Bonchev–Trinajstić information content (AvgIpc) is 2.93. The third kappa shape index (κ3) is 2.94. The first-order valence-corrected chi connectivity index (χ1v) is 8.01. The van der Waals surface area contributed by atoms with Crippen molar-refractivity contribution >= 4 is 29.0 Å². The lowest BCUT2D eigenvalue weighted by Crippen LogP contribution is -2.46. The largest absolute Gasteiger partial charge is 0.379 e. The van der Waals surface area contributed by atoms with Gasteiger partial charge in [-0.2, -0.15) is 0 Å². The monoisotopic (exact) mass is 333 g/mol. The molecule has 0 spiro atoms. The number of hydrogen-bond acceptors (Lipinski definition) is 4. The molecule has 0 bridgehead atoms. The molecule has 1 aliphatic heterocycles. The van der Waals surface area contributed by atoms with Crippen LogP contribution in [0.25, 0.3) is 10.9 Å². The molecule has 0 aliphatic carbocycles. The number of nitrogens with one attached hydrogen (secondary N) is 2. The van der Waals surface area contributed by atoms with Crippen LogP contribution in [0.15, 0.2) is 23.0 Å². The van der Waals surface area contributed by atoms with Gasteiger partial charge >= 0.3 is 0 Å². The van der Waals surface area contributed by atoms with Crippen molar-refractivity contribution in [2.45, 2.75) is 32.4 Å². The van der Waals surface area contributed by atoms with Crippen LogP contribution < -0.4 is 10.9 Å². The van der Waals surface area contributed by atoms with Crippen LogP contribution in [-0.4, -0.2) is 34.2 Å². The molecule has 1 fully saturated rings. The van der Waals surface area contributed by atoms with Crippen molar-refractivity contribution in [2.75, 3.05) is 13.2 Å². The minimum Gasteiger partial charge on any atom is -0.379 e. The van der Waals surface area contributed by atoms with E-state index in [1.165, 1.54) is 4.57 Å². The van der Waals surface area contributed by atoms with Gasteiger partial charge in [0.05, 0.1) is 23.0 Å². The first-order chi connectivity index (χ1) is 10.9. The fourth-order valence-corrected chi connectivity index (χ4v) is 3.12. The van der Waals surface area contributed by atoms with Crippen LogP contribution in [0.5, 0.6) is 0 Å². The maximum atomic E-state index is 12.5. The lowest BCUT2D eigenvalue weighted by Gasteiger charge is -2.23. The van der Waals surface area contributed by atoms with Crippen LogP contribution in [0.2, 0.25) is 0 Å². The highest BCUT2D eigenvalue weighted by Crippen LogP contribution is 2.19. The summed E-state index contributed by atoms with van der Waals surface area (Å²) in [4.78, 5) is 27.8. The molecule has 23 heavy (non-hydrogen) atoms. The molecule has 0 radical (unpaired) electrons. The molecular formula is C16H19N3O3S. The summed E-state index contributed by atoms with van der Waals surface area (Å²) in [7, 11) is 0. The van der Waals surface area contributed by atoms with E-state index in [1.807, 2.05) is 13.8 Å². The number of fused-ring (bicyclic) bond motifs is 1. The number of hydrogen-bond donors (Lipinski definition) is 2. The van der Waals surface area contributed by atoms with E-state index < -0.39 is 0 Å². The van der Waals surface area contributed by atoms with Gasteiger partial charge in [-0.3, -0.25) is 14.2 Å². The van der Waals surface area contributed by atoms with E-state index in [9.17, 15) is 9.59 Å². The molecule has 1 aliphatic rings. The normalized spacial score (nSPS) is 20.8. The number of ether oxygens (including phenoxy) is 1. The molecule has 1 saturated heterocycles. The van der Waals surface area contributed by atoms with Crippen molar-refractivity contribution in [1.82, 2.24) is 14.9 Å². The Labute approximate surface area is 138 Å². The fourth-order valence-electron chi connectivity index (χ4n) is 2.79. The van der Waals surface area contributed by atoms with Gasteiger partial charge in [-0.25, -0.2) is 0 Å². The van der Waals surface area contributed by atoms with Crippen LogP contribution in [-0.2, 0) is 11.3 Å². The second-order valence-electron chi connectivity index (χ2n) is 6.06. The summed E-state index contributed by atoms with van der Waals surface area (Å²) in [5.74, 6) is -0.182. The second-order valence-corrected chi connectivity index (χ2v) is 6.44. The van der Waals surface area contributed by atoms with E-state index in [0.29, 0.717) is 41.0 Å². The van der Waals surface area contributed by atoms with Gasteiger partial charge in [0.25, 0.3) is 11.5 Å². The smallest absolute Gasteiger partial charge is 0.262 e. The Bertz CT molecular complexity index is 878. The van der Waals surface area contributed by atoms with Crippen molar-refractivity contribution in [3.05, 3.63) is 38.9 Å². The van der Waals surface area contributed by atoms with Gasteiger partial charge in [-0.1, -0.05) is 0 Å². The predicted molar refractivity (Wildman–Crippen MR) is 90.4 cm³/mol. The maximum absolute atomic E-state index is 12.5. The Morgan fingerprint density at radius 1 is 1.52 bits per heavy atom. The van der Waals surface area contributed by atoms with E-state index in [4.69, 9.17) is 17.0 Å². The zero-order chi connectivity index (χ0) is 16.6. The number of aromatic nitrogens is 2. The third-order valence-corrected chi connectivity index (χ3v) is 4.52. The Hall–Kier alpha value is -1.99. The van der Waals surface area contributed by atoms with Crippen LogP contribution in [0.1, 0.15) is 30.6 Å². The average molecular weight is 333 g/mol. The molecule has 2 heterocycles. The first-order valence-electron chi connectivity index (χ1n) is 7.61. The molecule has 1 aromatic carbocycles. The quantitative estimate of drug-likeness (QED) is 0.842. The predicted octanol–water partition coefficient (Wildman–Crippen LogP) is 1.99. The van der Waals surface area contributed by atoms with E-state index >= 15 is 0 Å².